The summed E-state index contributed by atoms with van der Waals surface area (Å²) in [7, 11) is 0. The zero-order chi connectivity index (χ0) is 18.2. The predicted octanol–water partition coefficient (Wildman–Crippen LogP) is 3.58. The van der Waals surface area contributed by atoms with E-state index in [2.05, 4.69) is 0 Å². The molecule has 2 fully saturated rings. The molecule has 0 aliphatic carbocycles. The molecule has 0 radical (unpaired) electrons. The second-order valence-electron chi connectivity index (χ2n) is 6.69. The second-order valence-corrected chi connectivity index (χ2v) is 6.69. The molecule has 0 amide bonds. The summed E-state index contributed by atoms with van der Waals surface area (Å²) >= 11 is 0. The van der Waals surface area contributed by atoms with Gasteiger partial charge in [0.15, 0.2) is 0 Å². The maximum absolute atomic E-state index is 11.2. The average molecular weight is 352 g/mol. The summed E-state index contributed by atoms with van der Waals surface area (Å²) in [6.45, 7) is 1.19. The van der Waals surface area contributed by atoms with E-state index < -0.39 is 0 Å². The van der Waals surface area contributed by atoms with Crippen molar-refractivity contribution in [3.63, 3.8) is 0 Å². The average Bonchev–Trinajstić information content (AvgIpc) is 3.26. The van der Waals surface area contributed by atoms with Crippen molar-refractivity contribution in [2.24, 2.45) is 11.8 Å². The van der Waals surface area contributed by atoms with E-state index in [1.165, 1.54) is 11.1 Å². The molecule has 0 aromatic heterocycles. The van der Waals surface area contributed by atoms with Gasteiger partial charge in [-0.2, -0.15) is 0 Å². The second kappa shape index (κ2) is 9.18. The maximum atomic E-state index is 11.2. The zero-order valence-electron chi connectivity index (χ0n) is 14.8. The van der Waals surface area contributed by atoms with Crippen molar-refractivity contribution in [2.75, 3.05) is 13.2 Å². The molecule has 0 N–H and O–H groups in total. The third-order valence-electron chi connectivity index (χ3n) is 4.74. The molecule has 2 aromatic carbocycles. The minimum Gasteiger partial charge on any atom is -0.465 e. The molecule has 0 spiro atoms. The summed E-state index contributed by atoms with van der Waals surface area (Å²) in [4.78, 5) is 22.3. The van der Waals surface area contributed by atoms with Crippen LogP contribution in [0.25, 0.3) is 0 Å². The fraction of sp³-hybridized carbons (Fsp3) is 0.364. The number of carbonyl (C=O) groups excluding carboxylic acids is 2. The quantitative estimate of drug-likeness (QED) is 0.789. The van der Waals surface area contributed by atoms with Gasteiger partial charge in [0.05, 0.1) is 25.0 Å². The number of benzene rings is 2. The van der Waals surface area contributed by atoms with Gasteiger partial charge in [0.2, 0.25) is 0 Å². The van der Waals surface area contributed by atoms with E-state index in [1.54, 1.807) is 0 Å². The van der Waals surface area contributed by atoms with E-state index >= 15 is 0 Å². The lowest BCUT2D eigenvalue weighted by Gasteiger charge is -2.04. The third kappa shape index (κ3) is 5.19. The van der Waals surface area contributed by atoms with Gasteiger partial charge in [-0.25, -0.2) is 0 Å². The standard InChI is InChI=1S/2C11H12O2/c2*12-11-10(6-7-13-11)8-9-4-2-1-3-5-9/h2*1-5,10H,6-8H2. The Balaban J connectivity index is 0.000000151. The van der Waals surface area contributed by atoms with Crippen LogP contribution in [-0.4, -0.2) is 25.2 Å². The van der Waals surface area contributed by atoms with Crippen LogP contribution in [0.5, 0.6) is 0 Å². The highest BCUT2D eigenvalue weighted by Crippen LogP contribution is 2.20. The normalized spacial score (nSPS) is 21.5. The lowest BCUT2D eigenvalue weighted by Crippen LogP contribution is -2.10. The summed E-state index contributed by atoms with van der Waals surface area (Å²) in [5, 5.41) is 0. The number of cyclic esters (lactones) is 2. The van der Waals surface area contributed by atoms with Gasteiger partial charge in [-0.3, -0.25) is 9.59 Å². The molecule has 2 heterocycles. The van der Waals surface area contributed by atoms with Crippen LogP contribution in [0.3, 0.4) is 0 Å². The Bertz CT molecular complexity index is 648. The molecule has 0 saturated carbocycles. The van der Waals surface area contributed by atoms with Gasteiger partial charge in [0.25, 0.3) is 0 Å². The topological polar surface area (TPSA) is 52.6 Å². The first-order valence-electron chi connectivity index (χ1n) is 9.13. The predicted molar refractivity (Wildman–Crippen MR) is 98.4 cm³/mol. The van der Waals surface area contributed by atoms with Crippen molar-refractivity contribution in [3.8, 4) is 0 Å². The summed E-state index contributed by atoms with van der Waals surface area (Å²) in [6.07, 6.45) is 3.38. The first-order chi connectivity index (χ1) is 12.7. The molecule has 2 aromatic rings. The summed E-state index contributed by atoms with van der Waals surface area (Å²) in [5.74, 6) is 0.0949. The van der Waals surface area contributed by atoms with E-state index in [0.717, 1.165) is 25.7 Å². The van der Waals surface area contributed by atoms with Crippen molar-refractivity contribution in [1.82, 2.24) is 0 Å². The van der Waals surface area contributed by atoms with Crippen LogP contribution in [0.2, 0.25) is 0 Å². The SMILES string of the molecule is O=C1OCCC1Cc1ccccc1.O=C1OCCC1Cc1ccccc1. The van der Waals surface area contributed by atoms with Gasteiger partial charge >= 0.3 is 11.9 Å². The molecule has 2 aliphatic heterocycles. The monoisotopic (exact) mass is 352 g/mol. The Morgan fingerprint density at radius 1 is 0.654 bits per heavy atom. The van der Waals surface area contributed by atoms with Crippen LogP contribution in [0.15, 0.2) is 60.7 Å². The molecule has 2 atom stereocenters. The number of rotatable bonds is 4. The van der Waals surface area contributed by atoms with Crippen molar-refractivity contribution in [3.05, 3.63) is 71.8 Å². The minimum absolute atomic E-state index is 0.0381. The molecule has 136 valence electrons. The van der Waals surface area contributed by atoms with Gasteiger partial charge in [-0.1, -0.05) is 60.7 Å². The molecule has 0 bridgehead atoms. The van der Waals surface area contributed by atoms with E-state index in [4.69, 9.17) is 9.47 Å². The number of esters is 2. The van der Waals surface area contributed by atoms with Crippen LogP contribution in [0, 0.1) is 11.8 Å². The fourth-order valence-corrected chi connectivity index (χ4v) is 3.24. The van der Waals surface area contributed by atoms with E-state index in [1.807, 2.05) is 60.7 Å². The van der Waals surface area contributed by atoms with Gasteiger partial charge in [-0.05, 0) is 36.8 Å². The lowest BCUT2D eigenvalue weighted by molar-refractivity contribution is -0.142. The zero-order valence-corrected chi connectivity index (χ0v) is 14.8. The molecular weight excluding hydrogens is 328 g/mol. The Labute approximate surface area is 154 Å². The fourth-order valence-electron chi connectivity index (χ4n) is 3.24. The van der Waals surface area contributed by atoms with E-state index in [0.29, 0.717) is 13.2 Å². The van der Waals surface area contributed by atoms with Crippen LogP contribution in [0.1, 0.15) is 24.0 Å². The van der Waals surface area contributed by atoms with Crippen molar-refractivity contribution >= 4 is 11.9 Å². The molecule has 2 unspecified atom stereocenters. The van der Waals surface area contributed by atoms with Crippen molar-refractivity contribution < 1.29 is 19.1 Å². The third-order valence-corrected chi connectivity index (χ3v) is 4.74. The highest BCUT2D eigenvalue weighted by atomic mass is 16.5. The first kappa shape index (κ1) is 18.2. The summed E-state index contributed by atoms with van der Waals surface area (Å²) in [5.41, 5.74) is 2.43. The first-order valence-corrected chi connectivity index (χ1v) is 9.13. The Kier molecular flexibility index (Phi) is 6.42. The largest absolute Gasteiger partial charge is 0.465 e. The Morgan fingerprint density at radius 3 is 1.35 bits per heavy atom. The van der Waals surface area contributed by atoms with E-state index in [9.17, 15) is 9.59 Å². The molecule has 26 heavy (non-hydrogen) atoms. The van der Waals surface area contributed by atoms with Gasteiger partial charge in [0.1, 0.15) is 0 Å². The summed E-state index contributed by atoms with van der Waals surface area (Å²) in [6, 6.07) is 20.1. The van der Waals surface area contributed by atoms with Crippen LogP contribution >= 0.6 is 0 Å². The molecule has 4 heteroatoms. The van der Waals surface area contributed by atoms with Crippen molar-refractivity contribution in [1.29, 1.82) is 0 Å². The molecule has 2 aliphatic rings. The molecular formula is C22H24O4. The molecule has 4 nitrogen and oxygen atoms in total. The smallest absolute Gasteiger partial charge is 0.309 e. The van der Waals surface area contributed by atoms with E-state index in [-0.39, 0.29) is 23.8 Å². The maximum Gasteiger partial charge on any atom is 0.309 e. The van der Waals surface area contributed by atoms with Crippen molar-refractivity contribution in [2.45, 2.75) is 25.7 Å². The Morgan fingerprint density at radius 2 is 1.04 bits per heavy atom. The number of carbonyl (C=O) groups is 2. The molecule has 4 rings (SSSR count). The number of hydrogen-bond donors (Lipinski definition) is 0. The highest BCUT2D eigenvalue weighted by Gasteiger charge is 2.26. The summed E-state index contributed by atoms with van der Waals surface area (Å²) < 4.78 is 9.80. The van der Waals surface area contributed by atoms with Crippen LogP contribution < -0.4 is 0 Å². The van der Waals surface area contributed by atoms with Crippen LogP contribution in [-0.2, 0) is 31.9 Å². The molecule has 2 saturated heterocycles. The number of hydrogen-bond acceptors (Lipinski definition) is 4. The highest BCUT2D eigenvalue weighted by molar-refractivity contribution is 5.74. The Hall–Kier alpha value is -2.62. The van der Waals surface area contributed by atoms with Gasteiger partial charge in [0, 0.05) is 0 Å². The van der Waals surface area contributed by atoms with Crippen LogP contribution in [0.4, 0.5) is 0 Å². The number of ether oxygens (including phenoxy) is 2. The lowest BCUT2D eigenvalue weighted by atomic mass is 9.98. The van der Waals surface area contributed by atoms with Gasteiger partial charge in [-0.15, -0.1) is 0 Å². The minimum atomic E-state index is -0.0381. The van der Waals surface area contributed by atoms with Gasteiger partial charge < -0.3 is 9.47 Å².